The van der Waals surface area contributed by atoms with Crippen LogP contribution in [0, 0.1) is 0 Å². The van der Waals surface area contributed by atoms with E-state index in [0.717, 1.165) is 0 Å². The van der Waals surface area contributed by atoms with Crippen molar-refractivity contribution in [3.63, 3.8) is 0 Å². The lowest BCUT2D eigenvalue weighted by atomic mass is 10.2. The number of nitrogens with zero attached hydrogens (tertiary/aromatic N) is 1. The van der Waals surface area contributed by atoms with Gasteiger partial charge in [-0.3, -0.25) is 9.47 Å². The van der Waals surface area contributed by atoms with Gasteiger partial charge in [0.25, 0.3) is 0 Å². The zero-order valence-corrected chi connectivity index (χ0v) is 10.8. The Hall–Kier alpha value is -2.63. The van der Waals surface area contributed by atoms with Gasteiger partial charge in [0.1, 0.15) is 19.8 Å². The number of aromatic nitrogens is 1. The van der Waals surface area contributed by atoms with Gasteiger partial charge < -0.3 is 20.2 Å². The molecule has 104 valence electrons. The molecule has 0 fully saturated rings. The Bertz CT molecular complexity index is 596. The molecule has 2 heterocycles. The normalized spacial score (nSPS) is 12.8. The van der Waals surface area contributed by atoms with Crippen molar-refractivity contribution in [1.29, 1.82) is 0 Å². The van der Waals surface area contributed by atoms with Gasteiger partial charge in [-0.05, 0) is 24.3 Å². The highest BCUT2D eigenvalue weighted by atomic mass is 16.6. The second-order valence-electron chi connectivity index (χ2n) is 4.33. The quantitative estimate of drug-likeness (QED) is 0.884. The molecule has 1 aliphatic rings. The maximum Gasteiger partial charge on any atom is 0.245 e. The van der Waals surface area contributed by atoms with Gasteiger partial charge in [0.05, 0.1) is 0 Å². The highest BCUT2D eigenvalue weighted by Crippen LogP contribution is 2.32. The number of carbonyl (C=O) groups is 1. The lowest BCUT2D eigenvalue weighted by Gasteiger charge is -2.19. The summed E-state index contributed by atoms with van der Waals surface area (Å²) in [5.74, 6) is 1.24. The third-order valence-corrected chi connectivity index (χ3v) is 2.85. The predicted octanol–water partition coefficient (Wildman–Crippen LogP) is 1.44. The summed E-state index contributed by atoms with van der Waals surface area (Å²) in [6.45, 7) is 1.27. The Morgan fingerprint density at radius 1 is 1.15 bits per heavy atom. The van der Waals surface area contributed by atoms with Gasteiger partial charge in [-0.25, -0.2) is 0 Å². The molecule has 0 saturated carbocycles. The molecule has 1 aliphatic heterocycles. The second kappa shape index (κ2) is 5.56. The lowest BCUT2D eigenvalue weighted by Crippen LogP contribution is -2.26. The third-order valence-electron chi connectivity index (χ3n) is 2.85. The number of benzene rings is 1. The summed E-state index contributed by atoms with van der Waals surface area (Å²) in [7, 11) is 0. The molecule has 0 unspecified atom stereocenters. The number of rotatable bonds is 4. The minimum Gasteiger partial charge on any atom is -0.486 e. The molecule has 0 bridgehead atoms. The highest BCUT2D eigenvalue weighted by molar-refractivity contribution is 5.93. The van der Waals surface area contributed by atoms with Gasteiger partial charge in [-0.2, -0.15) is 0 Å². The van der Waals surface area contributed by atoms with E-state index in [4.69, 9.17) is 9.47 Å². The molecule has 0 spiro atoms. The molecule has 1 amide bonds. The van der Waals surface area contributed by atoms with Crippen LogP contribution in [0.25, 0.3) is 0 Å². The maximum absolute atomic E-state index is 11.8. The average molecular weight is 273 g/mol. The van der Waals surface area contributed by atoms with Gasteiger partial charge in [0.2, 0.25) is 5.91 Å². The fourth-order valence-electron chi connectivity index (χ4n) is 1.93. The van der Waals surface area contributed by atoms with Crippen molar-refractivity contribution in [3.8, 4) is 11.5 Å². The zero-order valence-electron chi connectivity index (χ0n) is 10.8. The zero-order chi connectivity index (χ0) is 13.8. The van der Waals surface area contributed by atoms with E-state index in [1.54, 1.807) is 22.9 Å². The van der Waals surface area contributed by atoms with Crippen LogP contribution in [0.5, 0.6) is 11.5 Å². The van der Waals surface area contributed by atoms with Crippen LogP contribution in [-0.2, 0) is 4.79 Å². The summed E-state index contributed by atoms with van der Waals surface area (Å²) in [5, 5.41) is 2.80. The summed E-state index contributed by atoms with van der Waals surface area (Å²) in [6, 6.07) is 9.12. The van der Waals surface area contributed by atoms with E-state index in [9.17, 15) is 4.79 Å². The summed E-state index contributed by atoms with van der Waals surface area (Å²) in [5.41, 5.74) is 3.64. The van der Waals surface area contributed by atoms with Crippen molar-refractivity contribution in [3.05, 3.63) is 42.7 Å². The molecule has 1 aromatic carbocycles. The molecule has 2 aromatic rings. The molecule has 20 heavy (non-hydrogen) atoms. The van der Waals surface area contributed by atoms with E-state index in [2.05, 4.69) is 10.7 Å². The average Bonchev–Trinajstić information content (AvgIpc) is 2.98. The monoisotopic (exact) mass is 273 g/mol. The van der Waals surface area contributed by atoms with Crippen molar-refractivity contribution >= 4 is 11.6 Å². The number of amides is 1. The number of carbonyl (C=O) groups excluding carboxylic acids is 1. The van der Waals surface area contributed by atoms with Crippen LogP contribution in [0.4, 0.5) is 5.69 Å². The standard InChI is InChI=1S/C14H15N3O3/c18-14(10-15-17-5-1-2-6-17)16-11-3-4-12-13(9-11)20-8-7-19-12/h1-6,9,15H,7-8,10H2,(H,16,18). The third kappa shape index (κ3) is 2.85. The van der Waals surface area contributed by atoms with E-state index in [1.807, 2.05) is 24.5 Å². The Kier molecular flexibility index (Phi) is 3.45. The largest absolute Gasteiger partial charge is 0.486 e. The molecular weight excluding hydrogens is 258 g/mol. The van der Waals surface area contributed by atoms with E-state index in [-0.39, 0.29) is 12.5 Å². The molecule has 6 heteroatoms. The summed E-state index contributed by atoms with van der Waals surface area (Å²) in [4.78, 5) is 11.8. The molecule has 3 rings (SSSR count). The number of ether oxygens (including phenoxy) is 2. The van der Waals surface area contributed by atoms with E-state index in [1.165, 1.54) is 0 Å². The van der Waals surface area contributed by atoms with E-state index < -0.39 is 0 Å². The van der Waals surface area contributed by atoms with Crippen LogP contribution in [0.3, 0.4) is 0 Å². The number of hydrogen-bond donors (Lipinski definition) is 2. The van der Waals surface area contributed by atoms with Gasteiger partial charge >= 0.3 is 0 Å². The van der Waals surface area contributed by atoms with Gasteiger partial charge in [0.15, 0.2) is 11.5 Å². The van der Waals surface area contributed by atoms with Crippen molar-refractivity contribution in [2.45, 2.75) is 0 Å². The smallest absolute Gasteiger partial charge is 0.245 e. The first-order chi connectivity index (χ1) is 9.81. The van der Waals surface area contributed by atoms with Crippen molar-refractivity contribution in [2.75, 3.05) is 30.5 Å². The summed E-state index contributed by atoms with van der Waals surface area (Å²) < 4.78 is 12.6. The number of nitrogens with one attached hydrogen (secondary N) is 2. The van der Waals surface area contributed by atoms with Crippen molar-refractivity contribution in [2.24, 2.45) is 0 Å². The fraction of sp³-hybridized carbons (Fsp3) is 0.214. The van der Waals surface area contributed by atoms with Crippen LogP contribution in [0.1, 0.15) is 0 Å². The van der Waals surface area contributed by atoms with Crippen LogP contribution in [-0.4, -0.2) is 30.3 Å². The molecule has 0 radical (unpaired) electrons. The maximum atomic E-state index is 11.8. The van der Waals surface area contributed by atoms with Crippen molar-refractivity contribution in [1.82, 2.24) is 4.68 Å². The highest BCUT2D eigenvalue weighted by Gasteiger charge is 2.12. The topological polar surface area (TPSA) is 64.5 Å². The first-order valence-corrected chi connectivity index (χ1v) is 6.37. The molecule has 1 aromatic heterocycles. The minimum atomic E-state index is -0.129. The Morgan fingerprint density at radius 3 is 2.70 bits per heavy atom. The summed E-state index contributed by atoms with van der Waals surface area (Å²) in [6.07, 6.45) is 3.66. The molecule has 0 aliphatic carbocycles. The number of fused-ring (bicyclic) bond motifs is 1. The molecule has 0 atom stereocenters. The van der Waals surface area contributed by atoms with Crippen molar-refractivity contribution < 1.29 is 14.3 Å². The Labute approximate surface area is 116 Å². The van der Waals surface area contributed by atoms with E-state index >= 15 is 0 Å². The summed E-state index contributed by atoms with van der Waals surface area (Å²) >= 11 is 0. The van der Waals surface area contributed by atoms with Crippen LogP contribution in [0.15, 0.2) is 42.7 Å². The van der Waals surface area contributed by atoms with Gasteiger partial charge in [-0.1, -0.05) is 0 Å². The molecule has 0 saturated heterocycles. The second-order valence-corrected chi connectivity index (χ2v) is 4.33. The SMILES string of the molecule is O=C(CNn1cccc1)Nc1ccc2c(c1)OCCO2. The predicted molar refractivity (Wildman–Crippen MR) is 74.7 cm³/mol. The Balaban J connectivity index is 1.58. The number of anilines is 1. The van der Waals surface area contributed by atoms with Crippen LogP contribution < -0.4 is 20.2 Å². The van der Waals surface area contributed by atoms with Crippen LogP contribution in [0.2, 0.25) is 0 Å². The number of hydrogen-bond acceptors (Lipinski definition) is 4. The molecule has 6 nitrogen and oxygen atoms in total. The Morgan fingerprint density at radius 2 is 1.90 bits per heavy atom. The first-order valence-electron chi connectivity index (χ1n) is 6.37. The molecular formula is C14H15N3O3. The van der Waals surface area contributed by atoms with E-state index in [0.29, 0.717) is 30.4 Å². The van der Waals surface area contributed by atoms with Gasteiger partial charge in [0, 0.05) is 24.1 Å². The van der Waals surface area contributed by atoms with Crippen LogP contribution >= 0.6 is 0 Å². The fourth-order valence-corrected chi connectivity index (χ4v) is 1.93. The lowest BCUT2D eigenvalue weighted by molar-refractivity contribution is -0.114. The molecule has 2 N–H and O–H groups in total. The minimum absolute atomic E-state index is 0.129. The van der Waals surface area contributed by atoms with Gasteiger partial charge in [-0.15, -0.1) is 0 Å². The first kappa shape index (κ1) is 12.4.